The zero-order chi connectivity index (χ0) is 11.5. The third-order valence-electron chi connectivity index (χ3n) is 3.64. The number of rotatable bonds is 4. The summed E-state index contributed by atoms with van der Waals surface area (Å²) in [6, 6.07) is 7.12. The van der Waals surface area contributed by atoms with E-state index < -0.39 is 0 Å². The Morgan fingerprint density at radius 1 is 1.19 bits per heavy atom. The molecule has 1 saturated carbocycles. The molecule has 1 atom stereocenters. The molecule has 1 heteroatoms. The van der Waals surface area contributed by atoms with Crippen molar-refractivity contribution in [2.45, 2.75) is 52.0 Å². The van der Waals surface area contributed by atoms with Crippen LogP contribution in [0.15, 0.2) is 18.2 Å². The summed E-state index contributed by atoms with van der Waals surface area (Å²) >= 11 is 0. The predicted molar refractivity (Wildman–Crippen MR) is 69.6 cm³/mol. The van der Waals surface area contributed by atoms with E-state index in [-0.39, 0.29) is 0 Å². The number of hydrogen-bond acceptors (Lipinski definition) is 1. The van der Waals surface area contributed by atoms with Gasteiger partial charge in [0.25, 0.3) is 0 Å². The zero-order valence-corrected chi connectivity index (χ0v) is 10.5. The fourth-order valence-corrected chi connectivity index (χ4v) is 2.73. The molecule has 0 saturated heterocycles. The fourth-order valence-electron chi connectivity index (χ4n) is 2.73. The Morgan fingerprint density at radius 2 is 1.81 bits per heavy atom. The summed E-state index contributed by atoms with van der Waals surface area (Å²) in [6.07, 6.45) is 6.48. The van der Waals surface area contributed by atoms with Crippen LogP contribution >= 0.6 is 0 Å². The molecule has 1 aromatic rings. The van der Waals surface area contributed by atoms with E-state index in [1.54, 1.807) is 0 Å². The first kappa shape index (κ1) is 11.7. The summed E-state index contributed by atoms with van der Waals surface area (Å²) in [5, 5.41) is 0. The Kier molecular flexibility index (Phi) is 3.65. The minimum absolute atomic E-state index is 0.353. The van der Waals surface area contributed by atoms with Crippen LogP contribution in [0.25, 0.3) is 0 Å². The largest absolute Gasteiger partial charge is 0.327 e. The van der Waals surface area contributed by atoms with E-state index in [0.717, 1.165) is 12.3 Å². The van der Waals surface area contributed by atoms with E-state index in [1.807, 2.05) is 0 Å². The van der Waals surface area contributed by atoms with Crippen molar-refractivity contribution in [1.29, 1.82) is 0 Å². The van der Waals surface area contributed by atoms with Crippen LogP contribution in [-0.2, 0) is 6.42 Å². The molecule has 0 bridgehead atoms. The van der Waals surface area contributed by atoms with Crippen LogP contribution in [0.1, 0.15) is 42.4 Å². The van der Waals surface area contributed by atoms with E-state index >= 15 is 0 Å². The zero-order valence-electron chi connectivity index (χ0n) is 10.5. The summed E-state index contributed by atoms with van der Waals surface area (Å²) in [5.41, 5.74) is 10.3. The number of aryl methyl sites for hydroxylation is 2. The lowest BCUT2D eigenvalue weighted by Crippen LogP contribution is -2.28. The van der Waals surface area contributed by atoms with Crippen molar-refractivity contribution in [1.82, 2.24) is 0 Å². The van der Waals surface area contributed by atoms with Gasteiger partial charge in [-0.3, -0.25) is 0 Å². The second-order valence-corrected chi connectivity index (χ2v) is 5.49. The maximum absolute atomic E-state index is 6.22. The second kappa shape index (κ2) is 5.01. The molecule has 1 aromatic carbocycles. The summed E-state index contributed by atoms with van der Waals surface area (Å²) in [7, 11) is 0. The van der Waals surface area contributed by atoms with Crippen molar-refractivity contribution < 1.29 is 0 Å². The summed E-state index contributed by atoms with van der Waals surface area (Å²) in [4.78, 5) is 0. The molecule has 0 radical (unpaired) electrons. The van der Waals surface area contributed by atoms with Gasteiger partial charge in [0.15, 0.2) is 0 Å². The van der Waals surface area contributed by atoms with Gasteiger partial charge in [-0.2, -0.15) is 0 Å². The summed E-state index contributed by atoms with van der Waals surface area (Å²) in [6.45, 7) is 4.32. The van der Waals surface area contributed by atoms with E-state index in [1.165, 1.54) is 42.4 Å². The minimum Gasteiger partial charge on any atom is -0.327 e. The standard InChI is InChI=1S/C15H23N/c1-11-6-12(2)8-14(7-11)10-15(16)9-13-4-3-5-13/h6-8,13,15H,3-5,9-10,16H2,1-2H3. The molecule has 1 nitrogen and oxygen atoms in total. The van der Waals surface area contributed by atoms with E-state index in [0.29, 0.717) is 6.04 Å². The van der Waals surface area contributed by atoms with E-state index in [4.69, 9.17) is 5.73 Å². The summed E-state index contributed by atoms with van der Waals surface area (Å²) in [5.74, 6) is 0.918. The second-order valence-electron chi connectivity index (χ2n) is 5.49. The van der Waals surface area contributed by atoms with Gasteiger partial charge >= 0.3 is 0 Å². The molecular formula is C15H23N. The van der Waals surface area contributed by atoms with Crippen LogP contribution in [0.4, 0.5) is 0 Å². The molecule has 0 amide bonds. The van der Waals surface area contributed by atoms with Crippen LogP contribution in [0.2, 0.25) is 0 Å². The van der Waals surface area contributed by atoms with Crippen molar-refractivity contribution in [3.05, 3.63) is 34.9 Å². The van der Waals surface area contributed by atoms with Crippen LogP contribution in [0.3, 0.4) is 0 Å². The smallest absolute Gasteiger partial charge is 0.00819 e. The van der Waals surface area contributed by atoms with Crippen molar-refractivity contribution in [2.24, 2.45) is 11.7 Å². The molecule has 16 heavy (non-hydrogen) atoms. The Hall–Kier alpha value is -0.820. The van der Waals surface area contributed by atoms with Crippen LogP contribution in [0, 0.1) is 19.8 Å². The maximum Gasteiger partial charge on any atom is 0.00819 e. The van der Waals surface area contributed by atoms with Gasteiger partial charge in [0.1, 0.15) is 0 Å². The van der Waals surface area contributed by atoms with E-state index in [2.05, 4.69) is 32.0 Å². The molecule has 0 heterocycles. The highest BCUT2D eigenvalue weighted by atomic mass is 14.6. The third kappa shape index (κ3) is 3.08. The monoisotopic (exact) mass is 217 g/mol. The molecule has 2 N–H and O–H groups in total. The lowest BCUT2D eigenvalue weighted by Gasteiger charge is -2.28. The summed E-state index contributed by atoms with van der Waals surface area (Å²) < 4.78 is 0. The SMILES string of the molecule is Cc1cc(C)cc(CC(N)CC2CCC2)c1. The molecule has 0 aliphatic heterocycles. The molecule has 1 fully saturated rings. The van der Waals surface area contributed by atoms with Crippen molar-refractivity contribution in [2.75, 3.05) is 0 Å². The van der Waals surface area contributed by atoms with Crippen LogP contribution < -0.4 is 5.73 Å². The van der Waals surface area contributed by atoms with Gasteiger partial charge in [0, 0.05) is 6.04 Å². The highest BCUT2D eigenvalue weighted by Crippen LogP contribution is 2.30. The first-order chi connectivity index (χ1) is 7.63. The molecular weight excluding hydrogens is 194 g/mol. The molecule has 0 aromatic heterocycles. The average Bonchev–Trinajstić information content (AvgIpc) is 2.09. The minimum atomic E-state index is 0.353. The molecule has 1 unspecified atom stereocenters. The first-order valence-corrected chi connectivity index (χ1v) is 6.46. The average molecular weight is 217 g/mol. The Labute approximate surface area is 99.0 Å². The van der Waals surface area contributed by atoms with Gasteiger partial charge in [-0.1, -0.05) is 48.6 Å². The molecule has 1 aliphatic rings. The Bertz CT molecular complexity index is 332. The van der Waals surface area contributed by atoms with Crippen LogP contribution in [-0.4, -0.2) is 6.04 Å². The Balaban J connectivity index is 1.91. The molecule has 0 spiro atoms. The van der Waals surface area contributed by atoms with Gasteiger partial charge in [-0.15, -0.1) is 0 Å². The predicted octanol–water partition coefficient (Wildman–Crippen LogP) is 3.36. The van der Waals surface area contributed by atoms with Gasteiger partial charge in [-0.25, -0.2) is 0 Å². The quantitative estimate of drug-likeness (QED) is 0.822. The number of benzene rings is 1. The van der Waals surface area contributed by atoms with Gasteiger partial charge in [0.05, 0.1) is 0 Å². The first-order valence-electron chi connectivity index (χ1n) is 6.46. The van der Waals surface area contributed by atoms with Gasteiger partial charge < -0.3 is 5.73 Å². The van der Waals surface area contributed by atoms with Gasteiger partial charge in [0.2, 0.25) is 0 Å². The van der Waals surface area contributed by atoms with Crippen molar-refractivity contribution in [3.8, 4) is 0 Å². The lowest BCUT2D eigenvalue weighted by atomic mass is 9.80. The lowest BCUT2D eigenvalue weighted by molar-refractivity contribution is 0.275. The molecule has 1 aliphatic carbocycles. The number of hydrogen-bond donors (Lipinski definition) is 1. The highest BCUT2D eigenvalue weighted by molar-refractivity contribution is 5.29. The molecule has 88 valence electrons. The van der Waals surface area contributed by atoms with E-state index in [9.17, 15) is 0 Å². The Morgan fingerprint density at radius 3 is 2.31 bits per heavy atom. The van der Waals surface area contributed by atoms with Crippen LogP contribution in [0.5, 0.6) is 0 Å². The highest BCUT2D eigenvalue weighted by Gasteiger charge is 2.20. The normalized spacial score (nSPS) is 18.2. The fraction of sp³-hybridized carbons (Fsp3) is 0.600. The maximum atomic E-state index is 6.22. The van der Waals surface area contributed by atoms with Crippen molar-refractivity contribution in [3.63, 3.8) is 0 Å². The number of nitrogens with two attached hydrogens (primary N) is 1. The third-order valence-corrected chi connectivity index (χ3v) is 3.64. The topological polar surface area (TPSA) is 26.0 Å². The molecule has 2 rings (SSSR count). The van der Waals surface area contributed by atoms with Crippen molar-refractivity contribution >= 4 is 0 Å². The van der Waals surface area contributed by atoms with Gasteiger partial charge in [-0.05, 0) is 38.2 Å².